The van der Waals surface area contributed by atoms with Crippen LogP contribution in [0.15, 0.2) is 22.8 Å². The first kappa shape index (κ1) is 16.1. The van der Waals surface area contributed by atoms with Crippen LogP contribution in [0, 0.1) is 5.92 Å². The van der Waals surface area contributed by atoms with Gasteiger partial charge >= 0.3 is 0 Å². The highest BCUT2D eigenvalue weighted by molar-refractivity contribution is 5.78. The molecule has 1 aromatic rings. The first-order valence-corrected chi connectivity index (χ1v) is 8.18. The van der Waals surface area contributed by atoms with Gasteiger partial charge in [-0.25, -0.2) is 0 Å². The van der Waals surface area contributed by atoms with Crippen LogP contribution in [0.2, 0.25) is 0 Å². The highest BCUT2D eigenvalue weighted by atomic mass is 16.3. The monoisotopic (exact) mass is 292 g/mol. The molecule has 21 heavy (non-hydrogen) atoms. The molecule has 1 aliphatic rings. The van der Waals surface area contributed by atoms with E-state index in [1.54, 1.807) is 6.26 Å². The second kappa shape index (κ2) is 8.23. The lowest BCUT2D eigenvalue weighted by molar-refractivity contribution is -0.123. The van der Waals surface area contributed by atoms with E-state index in [4.69, 9.17) is 4.42 Å². The number of hydrogen-bond donors (Lipinski definition) is 1. The quantitative estimate of drug-likeness (QED) is 0.800. The van der Waals surface area contributed by atoms with Crippen LogP contribution >= 0.6 is 0 Å². The van der Waals surface area contributed by atoms with Crippen LogP contribution in [0.1, 0.15) is 51.7 Å². The Hall–Kier alpha value is -1.29. The van der Waals surface area contributed by atoms with E-state index in [2.05, 4.69) is 24.1 Å². The Balaban J connectivity index is 1.84. The number of nitrogens with zero attached hydrogens (tertiary/aromatic N) is 1. The summed E-state index contributed by atoms with van der Waals surface area (Å²) in [4.78, 5) is 14.4. The van der Waals surface area contributed by atoms with E-state index in [9.17, 15) is 4.79 Å². The third kappa shape index (κ3) is 5.54. The zero-order chi connectivity index (χ0) is 15.1. The summed E-state index contributed by atoms with van der Waals surface area (Å²) < 4.78 is 5.44. The van der Waals surface area contributed by atoms with Gasteiger partial charge in [0.05, 0.1) is 19.4 Å². The van der Waals surface area contributed by atoms with Crippen molar-refractivity contribution >= 4 is 5.91 Å². The molecule has 1 saturated carbocycles. The molecule has 1 amide bonds. The van der Waals surface area contributed by atoms with Crippen molar-refractivity contribution in [3.63, 3.8) is 0 Å². The van der Waals surface area contributed by atoms with Gasteiger partial charge in [-0.1, -0.05) is 26.7 Å². The van der Waals surface area contributed by atoms with Gasteiger partial charge in [0.2, 0.25) is 5.91 Å². The lowest BCUT2D eigenvalue weighted by atomic mass is 10.1. The van der Waals surface area contributed by atoms with Crippen LogP contribution in [0.3, 0.4) is 0 Å². The summed E-state index contributed by atoms with van der Waals surface area (Å²) in [7, 11) is 0. The molecule has 4 nitrogen and oxygen atoms in total. The number of hydrogen-bond acceptors (Lipinski definition) is 3. The van der Waals surface area contributed by atoms with E-state index in [0.717, 1.165) is 25.3 Å². The summed E-state index contributed by atoms with van der Waals surface area (Å²) >= 11 is 0. The average molecular weight is 292 g/mol. The molecule has 0 spiro atoms. The first-order valence-electron chi connectivity index (χ1n) is 8.18. The molecule has 1 heterocycles. The lowest BCUT2D eigenvalue weighted by Crippen LogP contribution is -2.41. The number of carbonyl (C=O) groups excluding carboxylic acids is 1. The van der Waals surface area contributed by atoms with Gasteiger partial charge in [0.25, 0.3) is 0 Å². The van der Waals surface area contributed by atoms with Crippen LogP contribution in [0.5, 0.6) is 0 Å². The Morgan fingerprint density at radius 3 is 2.81 bits per heavy atom. The number of amides is 1. The molecule has 1 aliphatic carbocycles. The fourth-order valence-corrected chi connectivity index (χ4v) is 2.93. The van der Waals surface area contributed by atoms with E-state index >= 15 is 0 Å². The molecule has 0 aliphatic heterocycles. The van der Waals surface area contributed by atoms with Crippen LogP contribution in [0.25, 0.3) is 0 Å². The van der Waals surface area contributed by atoms with E-state index < -0.39 is 0 Å². The summed E-state index contributed by atoms with van der Waals surface area (Å²) in [5.41, 5.74) is 0. The fraction of sp³-hybridized carbons (Fsp3) is 0.706. The number of furan rings is 1. The Morgan fingerprint density at radius 2 is 2.19 bits per heavy atom. The maximum absolute atomic E-state index is 12.1. The molecular weight excluding hydrogens is 264 g/mol. The van der Waals surface area contributed by atoms with Crippen molar-refractivity contribution in [2.75, 3.05) is 13.1 Å². The fourth-order valence-electron chi connectivity index (χ4n) is 2.93. The lowest BCUT2D eigenvalue weighted by Gasteiger charge is -2.27. The zero-order valence-corrected chi connectivity index (χ0v) is 13.3. The molecule has 118 valence electrons. The standard InChI is InChI=1S/C17H28N2O2/c1-14(2)9-10-18-17(20)13-19(15-6-3-4-7-15)12-16-8-5-11-21-16/h5,8,11,14-15H,3-4,6-7,9-10,12-13H2,1-2H3,(H,18,20). The maximum atomic E-state index is 12.1. The van der Waals surface area contributed by atoms with Gasteiger partial charge in [-0.3, -0.25) is 9.69 Å². The number of carbonyl (C=O) groups is 1. The van der Waals surface area contributed by atoms with Crippen LogP contribution in [-0.2, 0) is 11.3 Å². The number of nitrogens with one attached hydrogen (secondary N) is 1. The molecule has 2 rings (SSSR count). The van der Waals surface area contributed by atoms with Crippen molar-refractivity contribution in [3.05, 3.63) is 24.2 Å². The van der Waals surface area contributed by atoms with E-state index in [1.807, 2.05) is 12.1 Å². The van der Waals surface area contributed by atoms with Gasteiger partial charge in [-0.2, -0.15) is 0 Å². The minimum atomic E-state index is 0.133. The largest absolute Gasteiger partial charge is 0.468 e. The third-order valence-electron chi connectivity index (χ3n) is 4.17. The molecule has 0 atom stereocenters. The van der Waals surface area contributed by atoms with Gasteiger partial charge < -0.3 is 9.73 Å². The van der Waals surface area contributed by atoms with Crippen molar-refractivity contribution < 1.29 is 9.21 Å². The second-order valence-electron chi connectivity index (χ2n) is 6.46. The highest BCUT2D eigenvalue weighted by Gasteiger charge is 2.25. The van der Waals surface area contributed by atoms with Crippen molar-refractivity contribution in [2.45, 2.75) is 58.5 Å². The predicted molar refractivity (Wildman–Crippen MR) is 83.8 cm³/mol. The van der Waals surface area contributed by atoms with E-state index in [-0.39, 0.29) is 5.91 Å². The molecule has 0 unspecified atom stereocenters. The van der Waals surface area contributed by atoms with Gasteiger partial charge in [0.15, 0.2) is 0 Å². The first-order chi connectivity index (χ1) is 10.1. The SMILES string of the molecule is CC(C)CCNC(=O)CN(Cc1ccco1)C1CCCC1. The molecular formula is C17H28N2O2. The zero-order valence-electron chi connectivity index (χ0n) is 13.3. The second-order valence-corrected chi connectivity index (χ2v) is 6.46. The molecule has 0 bridgehead atoms. The van der Waals surface area contributed by atoms with Crippen molar-refractivity contribution in [1.29, 1.82) is 0 Å². The van der Waals surface area contributed by atoms with Crippen molar-refractivity contribution in [1.82, 2.24) is 10.2 Å². The van der Waals surface area contributed by atoms with Crippen LogP contribution < -0.4 is 5.32 Å². The van der Waals surface area contributed by atoms with E-state index in [0.29, 0.717) is 18.5 Å². The summed E-state index contributed by atoms with van der Waals surface area (Å²) in [5, 5.41) is 3.04. The molecule has 0 radical (unpaired) electrons. The van der Waals surface area contributed by atoms with Gasteiger partial charge in [0.1, 0.15) is 5.76 Å². The maximum Gasteiger partial charge on any atom is 0.234 e. The summed E-state index contributed by atoms with van der Waals surface area (Å²) in [5.74, 6) is 1.70. The summed E-state index contributed by atoms with van der Waals surface area (Å²) in [6.07, 6.45) is 7.67. The Labute approximate surface area is 127 Å². The number of rotatable bonds is 8. The Kier molecular flexibility index (Phi) is 6.30. The third-order valence-corrected chi connectivity index (χ3v) is 4.17. The van der Waals surface area contributed by atoms with Gasteiger partial charge in [-0.05, 0) is 37.3 Å². The van der Waals surface area contributed by atoms with E-state index in [1.165, 1.54) is 25.7 Å². The van der Waals surface area contributed by atoms with Gasteiger partial charge in [-0.15, -0.1) is 0 Å². The molecule has 1 aromatic heterocycles. The van der Waals surface area contributed by atoms with Crippen LogP contribution in [-0.4, -0.2) is 29.9 Å². The molecule has 4 heteroatoms. The molecule has 0 aromatic carbocycles. The smallest absolute Gasteiger partial charge is 0.234 e. The normalized spacial score (nSPS) is 16.0. The topological polar surface area (TPSA) is 45.5 Å². The highest BCUT2D eigenvalue weighted by Crippen LogP contribution is 2.24. The summed E-state index contributed by atoms with van der Waals surface area (Å²) in [6, 6.07) is 4.41. The predicted octanol–water partition coefficient (Wildman–Crippen LogP) is 3.19. The molecule has 0 saturated heterocycles. The molecule has 1 fully saturated rings. The Morgan fingerprint density at radius 1 is 1.43 bits per heavy atom. The van der Waals surface area contributed by atoms with Crippen molar-refractivity contribution in [2.24, 2.45) is 5.92 Å². The van der Waals surface area contributed by atoms with Crippen molar-refractivity contribution in [3.8, 4) is 0 Å². The Bertz CT molecular complexity index is 408. The summed E-state index contributed by atoms with van der Waals surface area (Å²) in [6.45, 7) is 6.33. The average Bonchev–Trinajstić information content (AvgIpc) is 3.10. The minimum absolute atomic E-state index is 0.133. The van der Waals surface area contributed by atoms with Crippen LogP contribution in [0.4, 0.5) is 0 Å². The molecule has 1 N–H and O–H groups in total. The minimum Gasteiger partial charge on any atom is -0.468 e. The van der Waals surface area contributed by atoms with Gasteiger partial charge in [0, 0.05) is 12.6 Å².